The van der Waals surface area contributed by atoms with Crippen molar-refractivity contribution >= 4 is 17.6 Å². The molecule has 1 amide bonds. The average Bonchev–Trinajstić information content (AvgIpc) is 3.33. The number of hydrogen-bond donors (Lipinski definition) is 2. The summed E-state index contributed by atoms with van der Waals surface area (Å²) in [7, 11) is 0. The van der Waals surface area contributed by atoms with Gasteiger partial charge in [0, 0.05) is 24.4 Å². The maximum Gasteiger partial charge on any atom is 0.306 e. The van der Waals surface area contributed by atoms with Crippen LogP contribution in [0.1, 0.15) is 62.2 Å². The summed E-state index contributed by atoms with van der Waals surface area (Å²) in [6.07, 6.45) is 5.80. The summed E-state index contributed by atoms with van der Waals surface area (Å²) in [5.74, 6) is 0.304. The number of hydrogen-bond acceptors (Lipinski definition) is 5. The van der Waals surface area contributed by atoms with Gasteiger partial charge >= 0.3 is 5.97 Å². The highest BCUT2D eigenvalue weighted by Crippen LogP contribution is 2.32. The molecule has 1 unspecified atom stereocenters. The van der Waals surface area contributed by atoms with E-state index in [1.165, 1.54) is 12.8 Å². The van der Waals surface area contributed by atoms with E-state index in [2.05, 4.69) is 15.5 Å². The fourth-order valence-electron chi connectivity index (χ4n) is 3.33. The molecule has 0 aliphatic heterocycles. The first kappa shape index (κ1) is 19.1. The normalized spacial score (nSPS) is 15.6. The largest absolute Gasteiger partial charge is 0.481 e. The van der Waals surface area contributed by atoms with Crippen LogP contribution >= 0.6 is 0 Å². The van der Waals surface area contributed by atoms with Gasteiger partial charge in [0.05, 0.1) is 5.92 Å². The second kappa shape index (κ2) is 8.79. The van der Waals surface area contributed by atoms with Crippen LogP contribution in [0.2, 0.25) is 0 Å². The van der Waals surface area contributed by atoms with Gasteiger partial charge in [-0.15, -0.1) is 0 Å². The first-order chi connectivity index (χ1) is 13.0. The van der Waals surface area contributed by atoms with E-state index in [1.807, 2.05) is 12.1 Å². The first-order valence-corrected chi connectivity index (χ1v) is 9.45. The summed E-state index contributed by atoms with van der Waals surface area (Å²) in [5, 5.41) is 15.8. The molecule has 1 aromatic heterocycles. The molecule has 1 aliphatic rings. The third-order valence-electron chi connectivity index (χ3n) is 4.97. The number of carbonyl (C=O) groups excluding carboxylic acids is 1. The Bertz CT molecular complexity index is 779. The van der Waals surface area contributed by atoms with Crippen LogP contribution in [-0.4, -0.2) is 27.1 Å². The second-order valence-electron chi connectivity index (χ2n) is 7.22. The number of aromatic nitrogens is 2. The monoisotopic (exact) mass is 371 g/mol. The van der Waals surface area contributed by atoms with Crippen molar-refractivity contribution < 1.29 is 19.2 Å². The maximum atomic E-state index is 12.1. The predicted octanol–water partition coefficient (Wildman–Crippen LogP) is 3.56. The zero-order chi connectivity index (χ0) is 19.2. The molecule has 2 aromatic rings. The summed E-state index contributed by atoms with van der Waals surface area (Å²) in [6, 6.07) is 7.24. The van der Waals surface area contributed by atoms with Crippen LogP contribution in [0.3, 0.4) is 0 Å². The summed E-state index contributed by atoms with van der Waals surface area (Å²) in [6.45, 7) is 1.67. The molecule has 27 heavy (non-hydrogen) atoms. The number of carboxylic acids is 1. The minimum atomic E-state index is -0.815. The minimum Gasteiger partial charge on any atom is -0.481 e. The van der Waals surface area contributed by atoms with Crippen molar-refractivity contribution in [2.75, 3.05) is 5.32 Å². The van der Waals surface area contributed by atoms with Gasteiger partial charge in [0.15, 0.2) is 5.82 Å². The maximum absolute atomic E-state index is 12.1. The molecule has 3 rings (SSSR count). The van der Waals surface area contributed by atoms with Gasteiger partial charge in [0.2, 0.25) is 11.8 Å². The lowest BCUT2D eigenvalue weighted by Gasteiger charge is -2.08. The standard InChI is InChI=1S/C20H25N3O4/c1-13(20(25)26)12-14-6-8-16(9-7-14)21-17(24)10-11-18-22-19(23-27-18)15-4-2-3-5-15/h6-9,13,15H,2-5,10-12H2,1H3,(H,21,24)(H,25,26). The highest BCUT2D eigenvalue weighted by Gasteiger charge is 2.22. The Morgan fingerprint density at radius 2 is 1.96 bits per heavy atom. The number of nitrogens with zero attached hydrogens (tertiary/aromatic N) is 2. The first-order valence-electron chi connectivity index (χ1n) is 9.45. The molecular weight excluding hydrogens is 346 g/mol. The topological polar surface area (TPSA) is 105 Å². The fraction of sp³-hybridized carbons (Fsp3) is 0.500. The molecule has 7 nitrogen and oxygen atoms in total. The van der Waals surface area contributed by atoms with Crippen molar-refractivity contribution in [3.8, 4) is 0 Å². The lowest BCUT2D eigenvalue weighted by atomic mass is 10.0. The number of carboxylic acid groups (broad SMARTS) is 1. The zero-order valence-electron chi connectivity index (χ0n) is 15.5. The van der Waals surface area contributed by atoms with E-state index in [9.17, 15) is 9.59 Å². The van der Waals surface area contributed by atoms with Gasteiger partial charge in [-0.25, -0.2) is 0 Å². The summed E-state index contributed by atoms with van der Waals surface area (Å²) in [5.41, 5.74) is 1.61. The molecule has 7 heteroatoms. The molecule has 2 N–H and O–H groups in total. The van der Waals surface area contributed by atoms with Crippen LogP contribution in [0.15, 0.2) is 28.8 Å². The Balaban J connectivity index is 1.45. The number of anilines is 1. The van der Waals surface area contributed by atoms with Crippen molar-refractivity contribution in [3.63, 3.8) is 0 Å². The molecule has 0 spiro atoms. The fourth-order valence-corrected chi connectivity index (χ4v) is 3.33. The Morgan fingerprint density at radius 3 is 2.63 bits per heavy atom. The lowest BCUT2D eigenvalue weighted by Crippen LogP contribution is -2.13. The van der Waals surface area contributed by atoms with Gasteiger partial charge in [-0.1, -0.05) is 37.1 Å². The number of benzene rings is 1. The van der Waals surface area contributed by atoms with Gasteiger partial charge < -0.3 is 14.9 Å². The molecule has 1 saturated carbocycles. The quantitative estimate of drug-likeness (QED) is 0.735. The molecule has 0 radical (unpaired) electrons. The third kappa shape index (κ3) is 5.39. The summed E-state index contributed by atoms with van der Waals surface area (Å²) >= 11 is 0. The number of rotatable bonds is 8. The van der Waals surface area contributed by atoms with Gasteiger partial charge in [-0.3, -0.25) is 9.59 Å². The van der Waals surface area contributed by atoms with Crippen LogP contribution in [0.5, 0.6) is 0 Å². The molecule has 1 atom stereocenters. The Kier molecular flexibility index (Phi) is 6.21. The number of nitrogens with one attached hydrogen (secondary N) is 1. The van der Waals surface area contributed by atoms with Crippen molar-refractivity contribution in [1.29, 1.82) is 0 Å². The minimum absolute atomic E-state index is 0.123. The molecule has 1 aliphatic carbocycles. The van der Waals surface area contributed by atoms with E-state index < -0.39 is 11.9 Å². The Morgan fingerprint density at radius 1 is 1.26 bits per heavy atom. The van der Waals surface area contributed by atoms with Crippen molar-refractivity contribution in [1.82, 2.24) is 10.1 Å². The Labute approximate surface area is 158 Å². The smallest absolute Gasteiger partial charge is 0.306 e. The van der Waals surface area contributed by atoms with E-state index >= 15 is 0 Å². The van der Waals surface area contributed by atoms with Gasteiger partial charge in [-0.05, 0) is 37.0 Å². The van der Waals surface area contributed by atoms with Gasteiger partial charge in [0.25, 0.3) is 0 Å². The summed E-state index contributed by atoms with van der Waals surface area (Å²) in [4.78, 5) is 27.4. The highest BCUT2D eigenvalue weighted by atomic mass is 16.5. The van der Waals surface area contributed by atoms with Crippen LogP contribution in [0.25, 0.3) is 0 Å². The molecule has 0 bridgehead atoms. The number of amides is 1. The van der Waals surface area contributed by atoms with E-state index in [1.54, 1.807) is 19.1 Å². The van der Waals surface area contributed by atoms with Crippen LogP contribution in [0.4, 0.5) is 5.69 Å². The number of carbonyl (C=O) groups is 2. The second-order valence-corrected chi connectivity index (χ2v) is 7.22. The molecule has 1 fully saturated rings. The molecule has 0 saturated heterocycles. The van der Waals surface area contributed by atoms with Crippen molar-refractivity contribution in [2.45, 2.75) is 57.8 Å². The van der Waals surface area contributed by atoms with Crippen molar-refractivity contribution in [2.24, 2.45) is 5.92 Å². The van der Waals surface area contributed by atoms with E-state index in [-0.39, 0.29) is 12.3 Å². The van der Waals surface area contributed by atoms with Gasteiger partial charge in [0.1, 0.15) is 0 Å². The van der Waals surface area contributed by atoms with Crippen LogP contribution in [-0.2, 0) is 22.4 Å². The SMILES string of the molecule is CC(Cc1ccc(NC(=O)CCc2nc(C3CCCC3)no2)cc1)C(=O)O. The lowest BCUT2D eigenvalue weighted by molar-refractivity contribution is -0.141. The Hall–Kier alpha value is -2.70. The van der Waals surface area contributed by atoms with Crippen LogP contribution in [0, 0.1) is 5.92 Å². The highest BCUT2D eigenvalue weighted by molar-refractivity contribution is 5.90. The van der Waals surface area contributed by atoms with E-state index in [0.29, 0.717) is 30.3 Å². The number of aryl methyl sites for hydroxylation is 1. The number of aliphatic carboxylic acids is 1. The van der Waals surface area contributed by atoms with Crippen molar-refractivity contribution in [3.05, 3.63) is 41.5 Å². The average molecular weight is 371 g/mol. The predicted molar refractivity (Wildman–Crippen MR) is 99.4 cm³/mol. The van der Waals surface area contributed by atoms with Gasteiger partial charge in [-0.2, -0.15) is 4.98 Å². The summed E-state index contributed by atoms with van der Waals surface area (Å²) < 4.78 is 5.26. The molecular formula is C20H25N3O4. The van der Waals surface area contributed by atoms with E-state index in [4.69, 9.17) is 9.63 Å². The molecule has 144 valence electrons. The third-order valence-corrected chi connectivity index (χ3v) is 4.97. The molecule has 1 heterocycles. The zero-order valence-corrected chi connectivity index (χ0v) is 15.5. The van der Waals surface area contributed by atoms with Crippen LogP contribution < -0.4 is 5.32 Å². The van der Waals surface area contributed by atoms with E-state index in [0.717, 1.165) is 24.2 Å². The molecule has 1 aromatic carbocycles.